The van der Waals surface area contributed by atoms with Gasteiger partial charge in [0.1, 0.15) is 27.6 Å². The Morgan fingerprint density at radius 1 is 0.871 bits per heavy atom. The van der Waals surface area contributed by atoms with Gasteiger partial charge in [0.25, 0.3) is 0 Å². The molecule has 2 aliphatic rings. The second-order valence-electron chi connectivity index (χ2n) is 15.2. The van der Waals surface area contributed by atoms with Crippen molar-refractivity contribution in [1.29, 1.82) is 5.26 Å². The number of nitrogens with one attached hydrogen (secondary N) is 1. The fourth-order valence-corrected chi connectivity index (χ4v) is 9.99. The van der Waals surface area contributed by atoms with Gasteiger partial charge >= 0.3 is 5.97 Å². The first kappa shape index (κ1) is 44.0. The van der Waals surface area contributed by atoms with Crippen molar-refractivity contribution in [2.75, 3.05) is 12.9 Å². The summed E-state index contributed by atoms with van der Waals surface area (Å²) in [5, 5.41) is 10.9. The van der Waals surface area contributed by atoms with Crippen molar-refractivity contribution in [2.45, 2.75) is 77.7 Å². The second-order valence-corrected chi connectivity index (χ2v) is 18.5. The summed E-state index contributed by atoms with van der Waals surface area (Å²) in [7, 11) is -2.68. The third-order valence-corrected chi connectivity index (χ3v) is 13.0. The van der Waals surface area contributed by atoms with Crippen LogP contribution in [-0.2, 0) is 32.4 Å². The number of fused-ring (bicyclic) bond motifs is 2. The number of carbonyl (C=O) groups excluding carboxylic acids is 1. The lowest BCUT2D eigenvalue weighted by Crippen LogP contribution is -2.33. The van der Waals surface area contributed by atoms with Gasteiger partial charge in [0, 0.05) is 34.3 Å². The molecule has 0 spiro atoms. The molecule has 0 saturated carbocycles. The van der Waals surface area contributed by atoms with Crippen LogP contribution in [0.2, 0.25) is 0 Å². The molecule has 2 atom stereocenters. The Hall–Kier alpha value is -6.08. The number of nitrogens with zero attached hydrogens (tertiary/aromatic N) is 6. The van der Waals surface area contributed by atoms with Crippen LogP contribution in [0, 0.1) is 17.9 Å². The van der Waals surface area contributed by atoms with E-state index < -0.39 is 27.8 Å². The van der Waals surface area contributed by atoms with Crippen LogP contribution in [0.1, 0.15) is 80.4 Å². The van der Waals surface area contributed by atoms with Gasteiger partial charge < -0.3 is 19.9 Å². The van der Waals surface area contributed by atoms with Gasteiger partial charge in [-0.05, 0) is 129 Å². The molecular formula is C45H44N8O6S3. The number of nitrogens with two attached hydrogens (primary N) is 1. The highest BCUT2D eigenvalue weighted by Crippen LogP contribution is 2.40. The summed E-state index contributed by atoms with van der Waals surface area (Å²) in [6.45, 7) is 15.2. The highest BCUT2D eigenvalue weighted by Gasteiger charge is 2.31. The van der Waals surface area contributed by atoms with Gasteiger partial charge in [0.05, 0.1) is 31.5 Å². The quantitative estimate of drug-likeness (QED) is 0.0877. The number of hydrogen-bond donors (Lipinski definition) is 2. The number of hydrogen-bond acceptors (Lipinski definition) is 14. The van der Waals surface area contributed by atoms with Gasteiger partial charge in [0.15, 0.2) is 17.4 Å². The lowest BCUT2D eigenvalue weighted by Gasteiger charge is -2.14. The lowest BCUT2D eigenvalue weighted by molar-refractivity contribution is -0.137. The first-order valence-corrected chi connectivity index (χ1v) is 23.1. The maximum Gasteiger partial charge on any atom is 0.322 e. The molecule has 0 radical (unpaired) electrons. The third-order valence-electron chi connectivity index (χ3n) is 10.2. The van der Waals surface area contributed by atoms with Crippen molar-refractivity contribution in [3.05, 3.63) is 112 Å². The molecule has 6 aromatic rings. The van der Waals surface area contributed by atoms with Gasteiger partial charge in [-0.25, -0.2) is 28.0 Å². The van der Waals surface area contributed by atoms with Crippen LogP contribution in [0.15, 0.2) is 72.8 Å². The first-order chi connectivity index (χ1) is 29.8. The summed E-state index contributed by atoms with van der Waals surface area (Å²) in [5.74, 6) is 0.864. The molecule has 4 aromatic carbocycles. The molecule has 2 aromatic heterocycles. The minimum Gasteiger partial charge on any atom is -0.502 e. The zero-order valence-corrected chi connectivity index (χ0v) is 37.2. The van der Waals surface area contributed by atoms with E-state index in [4.69, 9.17) is 31.7 Å². The molecule has 0 fully saturated rings. The number of sulfonamides is 1. The number of nitriles is 1. The molecule has 8 rings (SSSR count). The number of esters is 1. The smallest absolute Gasteiger partial charge is 0.322 e. The normalized spacial score (nSPS) is 15.3. The molecule has 2 heterocycles. The summed E-state index contributed by atoms with van der Waals surface area (Å²) in [6.07, 6.45) is 3.11. The van der Waals surface area contributed by atoms with Crippen molar-refractivity contribution >= 4 is 44.7 Å². The van der Waals surface area contributed by atoms with Gasteiger partial charge in [-0.15, -0.1) is 0 Å². The molecule has 3 N–H and O–H groups in total. The number of ether oxygens (including phenoxy) is 3. The van der Waals surface area contributed by atoms with E-state index in [0.717, 1.165) is 64.2 Å². The third kappa shape index (κ3) is 9.83. The van der Waals surface area contributed by atoms with Crippen LogP contribution < -0.4 is 19.9 Å². The summed E-state index contributed by atoms with van der Waals surface area (Å²) in [6, 6.07) is 24.6. The van der Waals surface area contributed by atoms with Gasteiger partial charge in [-0.1, -0.05) is 42.5 Å². The SMILES string of the molecule is CC(C)Oc1ccc(-c2nc(-c3cccc4c3CC[C@@H]4N)ns2)cc1C#N.[C-]#[N+]c1cc(-c2nc(-c3cccc4c3CC[C@@H]4NS(=O)(=O)CC(=O)OC)ns2)ccc1OC(C)C. The van der Waals surface area contributed by atoms with Crippen molar-refractivity contribution in [1.82, 2.24) is 23.4 Å². The predicted octanol–water partition coefficient (Wildman–Crippen LogP) is 8.77. The maximum atomic E-state index is 12.4. The van der Waals surface area contributed by atoms with E-state index in [1.165, 1.54) is 34.2 Å². The summed E-state index contributed by atoms with van der Waals surface area (Å²) < 4.78 is 52.3. The molecular weight excluding hydrogens is 845 g/mol. The van der Waals surface area contributed by atoms with E-state index in [9.17, 15) is 18.5 Å². The predicted molar refractivity (Wildman–Crippen MR) is 239 cm³/mol. The van der Waals surface area contributed by atoms with Crippen LogP contribution >= 0.6 is 23.1 Å². The van der Waals surface area contributed by atoms with E-state index >= 15 is 0 Å². The Morgan fingerprint density at radius 2 is 1.44 bits per heavy atom. The van der Waals surface area contributed by atoms with Crippen LogP contribution in [-0.4, -0.2) is 58.2 Å². The Labute approximate surface area is 369 Å². The number of carbonyl (C=O) groups is 1. The zero-order valence-electron chi connectivity index (χ0n) is 34.7. The fraction of sp³-hybridized carbons (Fsp3) is 0.311. The van der Waals surface area contributed by atoms with Crippen LogP contribution in [0.5, 0.6) is 11.5 Å². The van der Waals surface area contributed by atoms with Crippen molar-refractivity contribution < 1.29 is 27.4 Å². The number of aromatic nitrogens is 4. The zero-order chi connectivity index (χ0) is 44.1. The topological polar surface area (TPSA) is 197 Å². The molecule has 2 aliphatic carbocycles. The molecule has 0 saturated heterocycles. The first-order valence-electron chi connectivity index (χ1n) is 19.9. The largest absolute Gasteiger partial charge is 0.502 e. The summed E-state index contributed by atoms with van der Waals surface area (Å²) >= 11 is 2.57. The van der Waals surface area contributed by atoms with Gasteiger partial charge in [-0.3, -0.25) is 4.79 Å². The standard InChI is InChI=1S/C24H24N4O5S2.C21H20N4OS/c1-14(2)33-21-11-8-15(12-20(21)25-3)24-26-23(27-34-24)18-7-5-6-17-16(18)9-10-19(17)28-35(30,31)13-22(29)32-4;1-12(2)26-19-9-6-13(10-14(19)11-22)21-24-20(25-27-21)17-5-3-4-16-15(17)7-8-18(16)23/h5-8,11-12,14,19,28H,9-10,13H2,1-2,4H3;3-6,9-10,12,18H,7-8,23H2,1-2H3/t19-;18-/m00/s1. The number of rotatable bonds is 12. The Balaban J connectivity index is 0.000000192. The van der Waals surface area contributed by atoms with Gasteiger partial charge in [0.2, 0.25) is 15.7 Å². The molecule has 0 bridgehead atoms. The van der Waals surface area contributed by atoms with E-state index in [0.29, 0.717) is 46.4 Å². The summed E-state index contributed by atoms with van der Waals surface area (Å²) in [5.41, 5.74) is 14.9. The van der Waals surface area contributed by atoms with E-state index in [1.807, 2.05) is 76.2 Å². The average molecular weight is 889 g/mol. The molecule has 0 unspecified atom stereocenters. The highest BCUT2D eigenvalue weighted by atomic mass is 32.2. The number of benzene rings is 4. The second kappa shape index (κ2) is 18.9. The van der Waals surface area contributed by atoms with Gasteiger partial charge in [-0.2, -0.15) is 14.0 Å². The highest BCUT2D eigenvalue weighted by molar-refractivity contribution is 7.90. The monoisotopic (exact) mass is 888 g/mol. The van der Waals surface area contributed by atoms with Crippen LogP contribution in [0.3, 0.4) is 0 Å². The minimum atomic E-state index is -3.83. The van der Waals surface area contributed by atoms with E-state index in [2.05, 4.69) is 41.3 Å². The van der Waals surface area contributed by atoms with Crippen molar-refractivity contribution in [2.24, 2.45) is 5.73 Å². The van der Waals surface area contributed by atoms with Crippen molar-refractivity contribution in [3.63, 3.8) is 0 Å². The van der Waals surface area contributed by atoms with E-state index in [-0.39, 0.29) is 18.2 Å². The molecule has 0 amide bonds. The molecule has 318 valence electrons. The molecule has 17 heteroatoms. The van der Waals surface area contributed by atoms with Crippen LogP contribution in [0.25, 0.3) is 48.8 Å². The molecule has 0 aliphatic heterocycles. The van der Waals surface area contributed by atoms with E-state index in [1.54, 1.807) is 12.1 Å². The Morgan fingerprint density at radius 3 is 2.03 bits per heavy atom. The molecule has 14 nitrogen and oxygen atoms in total. The average Bonchev–Trinajstić information content (AvgIpc) is 4.09. The summed E-state index contributed by atoms with van der Waals surface area (Å²) in [4.78, 5) is 24.5. The number of methoxy groups -OCH3 is 1. The fourth-order valence-electron chi connectivity index (χ4n) is 7.45. The Kier molecular flexibility index (Phi) is 13.4. The van der Waals surface area contributed by atoms with Crippen molar-refractivity contribution in [3.8, 4) is 61.5 Å². The lowest BCUT2D eigenvalue weighted by atomic mass is 10.0. The van der Waals surface area contributed by atoms with Crippen LogP contribution in [0.4, 0.5) is 5.69 Å². The molecule has 62 heavy (non-hydrogen) atoms. The Bertz CT molecular complexity index is 2820. The minimum absolute atomic E-state index is 0.0163. The maximum absolute atomic E-state index is 12.4.